The number of aromatic nitrogens is 1. The van der Waals surface area contributed by atoms with Gasteiger partial charge < -0.3 is 15.0 Å². The van der Waals surface area contributed by atoms with Crippen molar-refractivity contribution in [2.75, 3.05) is 6.54 Å². The average molecular weight is 292 g/mol. The van der Waals surface area contributed by atoms with Gasteiger partial charge in [-0.15, -0.1) is 0 Å². The van der Waals surface area contributed by atoms with Crippen LogP contribution in [0.4, 0.5) is 0 Å². The summed E-state index contributed by atoms with van der Waals surface area (Å²) in [4.78, 5) is 22.8. The summed E-state index contributed by atoms with van der Waals surface area (Å²) in [5.74, 6) is -0.420. The number of aliphatic carboxylic acids is 1. The van der Waals surface area contributed by atoms with E-state index in [1.807, 2.05) is 18.3 Å². The molecule has 116 valence electrons. The van der Waals surface area contributed by atoms with Gasteiger partial charge in [-0.1, -0.05) is 13.3 Å². The molecule has 5 heteroatoms. The first-order chi connectivity index (χ1) is 10.1. The largest absolute Gasteiger partial charge is 0.481 e. The molecule has 1 saturated carbocycles. The summed E-state index contributed by atoms with van der Waals surface area (Å²) in [7, 11) is 0. The zero-order valence-corrected chi connectivity index (χ0v) is 12.5. The molecule has 0 bridgehead atoms. The average Bonchev–Trinajstić information content (AvgIpc) is 3.19. The molecule has 0 saturated heterocycles. The van der Waals surface area contributed by atoms with Crippen molar-refractivity contribution in [2.45, 2.75) is 51.5 Å². The molecule has 1 aliphatic carbocycles. The maximum Gasteiger partial charge on any atom is 0.303 e. The van der Waals surface area contributed by atoms with Crippen LogP contribution < -0.4 is 5.32 Å². The minimum absolute atomic E-state index is 0.0278. The van der Waals surface area contributed by atoms with Crippen LogP contribution in [0.3, 0.4) is 0 Å². The van der Waals surface area contributed by atoms with Crippen molar-refractivity contribution in [1.82, 2.24) is 9.88 Å². The molecule has 21 heavy (non-hydrogen) atoms. The molecule has 0 radical (unpaired) electrons. The Bertz CT molecular complexity index is 491. The molecule has 1 fully saturated rings. The Hall–Kier alpha value is -1.78. The van der Waals surface area contributed by atoms with Crippen LogP contribution in [-0.2, 0) is 4.79 Å². The first-order valence-corrected chi connectivity index (χ1v) is 7.78. The number of nitrogens with one attached hydrogen (secondary N) is 1. The van der Waals surface area contributed by atoms with E-state index in [4.69, 9.17) is 5.11 Å². The number of amides is 1. The van der Waals surface area contributed by atoms with Crippen molar-refractivity contribution in [3.8, 4) is 0 Å². The van der Waals surface area contributed by atoms with Crippen LogP contribution in [0.15, 0.2) is 18.3 Å². The van der Waals surface area contributed by atoms with Gasteiger partial charge in [0.2, 0.25) is 0 Å². The van der Waals surface area contributed by atoms with Crippen LogP contribution in [-0.4, -0.2) is 28.1 Å². The summed E-state index contributed by atoms with van der Waals surface area (Å²) < 4.78 is 2.05. The van der Waals surface area contributed by atoms with E-state index in [0.717, 1.165) is 31.4 Å². The fourth-order valence-corrected chi connectivity index (χ4v) is 2.62. The molecule has 2 rings (SSSR count). The third kappa shape index (κ3) is 4.62. The summed E-state index contributed by atoms with van der Waals surface area (Å²) in [6, 6.07) is 4.27. The highest BCUT2D eigenvalue weighted by atomic mass is 16.4. The standard InChI is InChI=1S/C16H24N2O3/c1-2-12(5-8-15(19)20)9-10-17-16(21)14-4-3-11-18(14)13-6-7-13/h3-4,11-13H,2,5-10H2,1H3,(H,17,21)(H,19,20). The Labute approximate surface area is 125 Å². The van der Waals surface area contributed by atoms with E-state index in [9.17, 15) is 9.59 Å². The molecule has 1 atom stereocenters. The summed E-state index contributed by atoms with van der Waals surface area (Å²) in [6.07, 6.45) is 6.94. The van der Waals surface area contributed by atoms with Crippen molar-refractivity contribution < 1.29 is 14.7 Å². The highest BCUT2D eigenvalue weighted by Gasteiger charge is 2.26. The molecule has 2 N–H and O–H groups in total. The number of nitrogens with zero attached hydrogens (tertiary/aromatic N) is 1. The number of carbonyl (C=O) groups is 2. The maximum atomic E-state index is 12.2. The quantitative estimate of drug-likeness (QED) is 0.735. The lowest BCUT2D eigenvalue weighted by Crippen LogP contribution is -2.28. The van der Waals surface area contributed by atoms with E-state index in [1.165, 1.54) is 0 Å². The molecular formula is C16H24N2O3. The van der Waals surface area contributed by atoms with Crippen LogP contribution in [0, 0.1) is 5.92 Å². The number of rotatable bonds is 9. The van der Waals surface area contributed by atoms with E-state index in [-0.39, 0.29) is 12.3 Å². The monoisotopic (exact) mass is 292 g/mol. The molecular weight excluding hydrogens is 268 g/mol. The van der Waals surface area contributed by atoms with Crippen molar-refractivity contribution >= 4 is 11.9 Å². The zero-order valence-electron chi connectivity index (χ0n) is 12.5. The van der Waals surface area contributed by atoms with E-state index < -0.39 is 5.97 Å². The van der Waals surface area contributed by atoms with Gasteiger partial charge in [0.1, 0.15) is 5.69 Å². The Balaban J connectivity index is 1.75. The van der Waals surface area contributed by atoms with Crippen LogP contribution in [0.25, 0.3) is 0 Å². The second-order valence-corrected chi connectivity index (χ2v) is 5.78. The van der Waals surface area contributed by atoms with Crippen LogP contribution in [0.5, 0.6) is 0 Å². The number of hydrogen-bond acceptors (Lipinski definition) is 2. The Morgan fingerprint density at radius 3 is 2.81 bits per heavy atom. The first kappa shape index (κ1) is 15.6. The number of carboxylic acid groups (broad SMARTS) is 1. The van der Waals surface area contributed by atoms with Gasteiger partial charge in [-0.3, -0.25) is 9.59 Å². The van der Waals surface area contributed by atoms with Crippen molar-refractivity contribution in [3.63, 3.8) is 0 Å². The zero-order chi connectivity index (χ0) is 15.2. The van der Waals surface area contributed by atoms with Gasteiger partial charge in [0.15, 0.2) is 0 Å². The predicted octanol–water partition coefficient (Wildman–Crippen LogP) is 2.83. The fourth-order valence-electron chi connectivity index (χ4n) is 2.62. The molecule has 1 unspecified atom stereocenters. The minimum Gasteiger partial charge on any atom is -0.481 e. The van der Waals surface area contributed by atoms with Crippen molar-refractivity contribution in [1.29, 1.82) is 0 Å². The second-order valence-electron chi connectivity index (χ2n) is 5.78. The van der Waals surface area contributed by atoms with Gasteiger partial charge in [-0.05, 0) is 43.7 Å². The van der Waals surface area contributed by atoms with Crippen molar-refractivity contribution in [2.24, 2.45) is 5.92 Å². The van der Waals surface area contributed by atoms with Gasteiger partial charge >= 0.3 is 5.97 Å². The molecule has 0 aliphatic heterocycles. The Morgan fingerprint density at radius 2 is 2.19 bits per heavy atom. The van der Waals surface area contributed by atoms with Crippen LogP contribution in [0.2, 0.25) is 0 Å². The van der Waals surface area contributed by atoms with Crippen LogP contribution >= 0.6 is 0 Å². The first-order valence-electron chi connectivity index (χ1n) is 7.78. The topological polar surface area (TPSA) is 71.3 Å². The normalized spacial score (nSPS) is 15.7. The van der Waals surface area contributed by atoms with E-state index in [0.29, 0.717) is 24.9 Å². The summed E-state index contributed by atoms with van der Waals surface area (Å²) in [5.41, 5.74) is 0.732. The SMILES string of the molecule is CCC(CCNC(=O)c1cccn1C1CC1)CCC(=O)O. The molecule has 1 aliphatic rings. The Morgan fingerprint density at radius 1 is 1.43 bits per heavy atom. The number of carboxylic acids is 1. The lowest BCUT2D eigenvalue weighted by atomic mass is 9.96. The lowest BCUT2D eigenvalue weighted by molar-refractivity contribution is -0.137. The van der Waals surface area contributed by atoms with Gasteiger partial charge in [0.05, 0.1) is 0 Å². The van der Waals surface area contributed by atoms with Crippen LogP contribution in [0.1, 0.15) is 62.0 Å². The smallest absolute Gasteiger partial charge is 0.303 e. The van der Waals surface area contributed by atoms with Gasteiger partial charge in [-0.2, -0.15) is 0 Å². The lowest BCUT2D eigenvalue weighted by Gasteiger charge is -2.14. The van der Waals surface area contributed by atoms with Gasteiger partial charge in [0.25, 0.3) is 5.91 Å². The summed E-state index contributed by atoms with van der Waals surface area (Å²) >= 11 is 0. The summed E-state index contributed by atoms with van der Waals surface area (Å²) in [5, 5.41) is 11.7. The van der Waals surface area contributed by atoms with E-state index in [2.05, 4.69) is 16.8 Å². The molecule has 1 heterocycles. The highest BCUT2D eigenvalue weighted by Crippen LogP contribution is 2.35. The van der Waals surface area contributed by atoms with E-state index >= 15 is 0 Å². The minimum atomic E-state index is -0.750. The number of hydrogen-bond donors (Lipinski definition) is 2. The fraction of sp³-hybridized carbons (Fsp3) is 0.625. The molecule has 1 aromatic rings. The van der Waals surface area contributed by atoms with E-state index in [1.54, 1.807) is 0 Å². The maximum absolute atomic E-state index is 12.2. The van der Waals surface area contributed by atoms with Gasteiger partial charge in [0, 0.05) is 25.2 Å². The highest BCUT2D eigenvalue weighted by molar-refractivity contribution is 5.92. The summed E-state index contributed by atoms with van der Waals surface area (Å²) in [6.45, 7) is 2.67. The molecule has 1 aromatic heterocycles. The molecule has 0 aromatic carbocycles. The molecule has 1 amide bonds. The van der Waals surface area contributed by atoms with Crippen molar-refractivity contribution in [3.05, 3.63) is 24.0 Å². The molecule has 0 spiro atoms. The second kappa shape index (κ2) is 7.29. The Kier molecular flexibility index (Phi) is 5.42. The third-order valence-corrected chi connectivity index (χ3v) is 4.13. The van der Waals surface area contributed by atoms with Gasteiger partial charge in [-0.25, -0.2) is 0 Å². The predicted molar refractivity (Wildman–Crippen MR) is 80.3 cm³/mol. The third-order valence-electron chi connectivity index (χ3n) is 4.13. The molecule has 5 nitrogen and oxygen atoms in total. The number of carbonyl (C=O) groups excluding carboxylic acids is 1.